The minimum absolute atomic E-state index is 0.362. The molecule has 0 radical (unpaired) electrons. The summed E-state index contributed by atoms with van der Waals surface area (Å²) in [4.78, 5) is 12.6. The Labute approximate surface area is 443 Å². The van der Waals surface area contributed by atoms with E-state index >= 15 is 0 Å². The number of rotatable bonds is 59. The van der Waals surface area contributed by atoms with Crippen molar-refractivity contribution in [3.8, 4) is 0 Å². The summed E-state index contributed by atoms with van der Waals surface area (Å²) in [6.07, 6.45) is 75.3. The van der Waals surface area contributed by atoms with Crippen LogP contribution in [-0.2, 0) is 4.79 Å². The first-order chi connectivity index (χ1) is 35.0. The second kappa shape index (κ2) is 59.4. The van der Waals surface area contributed by atoms with Gasteiger partial charge < -0.3 is 25.7 Å². The smallest absolute Gasteiger partial charge is 0.249 e. The summed E-state index contributed by atoms with van der Waals surface area (Å²) in [5, 5.41) is 44.1. The van der Waals surface area contributed by atoms with Crippen LogP contribution in [0.25, 0.3) is 0 Å². The lowest BCUT2D eigenvalue weighted by Crippen LogP contribution is -2.53. The molecule has 71 heavy (non-hydrogen) atoms. The largest absolute Gasteiger partial charge is 0.394 e. The lowest BCUT2D eigenvalue weighted by molar-refractivity contribution is -0.132. The molecule has 0 heterocycles. The predicted molar refractivity (Wildman–Crippen MR) is 311 cm³/mol. The van der Waals surface area contributed by atoms with Crippen LogP contribution in [0.2, 0.25) is 0 Å². The zero-order valence-corrected chi connectivity index (χ0v) is 47.7. The highest BCUT2D eigenvalue weighted by Gasteiger charge is 2.28. The number of carbonyl (C=O) groups is 1. The van der Waals surface area contributed by atoms with Gasteiger partial charge in [-0.25, -0.2) is 0 Å². The Morgan fingerprint density at radius 1 is 0.338 bits per heavy atom. The van der Waals surface area contributed by atoms with Gasteiger partial charge in [0.15, 0.2) is 0 Å². The highest BCUT2D eigenvalue weighted by molar-refractivity contribution is 5.80. The van der Waals surface area contributed by atoms with Crippen molar-refractivity contribution >= 4 is 5.91 Å². The van der Waals surface area contributed by atoms with Crippen LogP contribution < -0.4 is 5.32 Å². The molecule has 0 spiro atoms. The fraction of sp³-hybridized carbons (Fsp3) is 0.892. The number of hydrogen-bond acceptors (Lipinski definition) is 5. The molecule has 0 aromatic heterocycles. The molecule has 5 N–H and O–H groups in total. The Kier molecular flexibility index (Phi) is 58.2. The van der Waals surface area contributed by atoms with Crippen molar-refractivity contribution in [1.82, 2.24) is 5.32 Å². The summed E-state index contributed by atoms with van der Waals surface area (Å²) in [7, 11) is 0. The molecule has 420 valence electrons. The van der Waals surface area contributed by atoms with E-state index in [2.05, 4.69) is 55.6 Å². The normalized spacial score (nSPS) is 13.8. The molecular formula is C65H125NO5. The Morgan fingerprint density at radius 3 is 0.887 bits per heavy atom. The van der Waals surface area contributed by atoms with Gasteiger partial charge in [-0.15, -0.1) is 0 Å². The lowest BCUT2D eigenvalue weighted by atomic mass is 10.00. The van der Waals surface area contributed by atoms with Gasteiger partial charge in [0.1, 0.15) is 12.2 Å². The number of hydrogen-bond donors (Lipinski definition) is 5. The van der Waals surface area contributed by atoms with E-state index < -0.39 is 36.9 Å². The van der Waals surface area contributed by atoms with Crippen LogP contribution in [0.5, 0.6) is 0 Å². The van der Waals surface area contributed by atoms with E-state index in [1.807, 2.05) is 0 Å². The number of amides is 1. The molecule has 0 aliphatic carbocycles. The topological polar surface area (TPSA) is 110 Å². The molecule has 0 aliphatic heterocycles. The molecule has 0 bridgehead atoms. The number of aliphatic hydroxyl groups is 4. The van der Waals surface area contributed by atoms with Gasteiger partial charge in [-0.3, -0.25) is 4.79 Å². The molecule has 6 heteroatoms. The molecule has 0 saturated carbocycles. The van der Waals surface area contributed by atoms with Gasteiger partial charge in [-0.2, -0.15) is 0 Å². The number of nitrogens with one attached hydrogen (secondary N) is 1. The van der Waals surface area contributed by atoms with Crippen molar-refractivity contribution in [3.05, 3.63) is 36.5 Å². The second-order valence-electron chi connectivity index (χ2n) is 22.1. The SMILES string of the molecule is CCCCCCCCCCCCCC/C=C\CCCCCCCCCCCCCCCCCC(O)C(=O)NC(CO)C(O)C(O)CCC/C=C/CC/C=C/CCCCCCCCCCCCCCCCC. The molecule has 0 aromatic carbocycles. The number of unbranched alkanes of at least 4 members (excludes halogenated alkanes) is 44. The van der Waals surface area contributed by atoms with Crippen LogP contribution in [0.15, 0.2) is 36.5 Å². The van der Waals surface area contributed by atoms with Crippen LogP contribution in [0.1, 0.15) is 341 Å². The summed E-state index contributed by atoms with van der Waals surface area (Å²) < 4.78 is 0. The maximum Gasteiger partial charge on any atom is 0.249 e. The maximum absolute atomic E-state index is 12.6. The first-order valence-electron chi connectivity index (χ1n) is 31.9. The zero-order chi connectivity index (χ0) is 51.6. The molecule has 0 aliphatic rings. The van der Waals surface area contributed by atoms with Crippen molar-refractivity contribution in [2.75, 3.05) is 6.61 Å². The summed E-state index contributed by atoms with van der Waals surface area (Å²) >= 11 is 0. The number of allylic oxidation sites excluding steroid dienone is 6. The van der Waals surface area contributed by atoms with Crippen LogP contribution >= 0.6 is 0 Å². The lowest BCUT2D eigenvalue weighted by Gasteiger charge is -2.27. The Hall–Kier alpha value is -1.47. The summed E-state index contributed by atoms with van der Waals surface area (Å²) in [6.45, 7) is 4.08. The van der Waals surface area contributed by atoms with E-state index in [-0.39, 0.29) is 0 Å². The quantitative estimate of drug-likeness (QED) is 0.0308. The van der Waals surface area contributed by atoms with E-state index in [1.54, 1.807) is 0 Å². The third-order valence-electron chi connectivity index (χ3n) is 15.1. The molecule has 0 fully saturated rings. The summed E-state index contributed by atoms with van der Waals surface area (Å²) in [5.74, 6) is -0.593. The fourth-order valence-corrected chi connectivity index (χ4v) is 10.1. The van der Waals surface area contributed by atoms with Crippen LogP contribution in [0.4, 0.5) is 0 Å². The van der Waals surface area contributed by atoms with Gasteiger partial charge >= 0.3 is 0 Å². The van der Waals surface area contributed by atoms with Crippen molar-refractivity contribution in [3.63, 3.8) is 0 Å². The van der Waals surface area contributed by atoms with Crippen LogP contribution in [0.3, 0.4) is 0 Å². The molecule has 1 amide bonds. The Bertz CT molecular complexity index is 1120. The third-order valence-corrected chi connectivity index (χ3v) is 15.1. The van der Waals surface area contributed by atoms with E-state index in [9.17, 15) is 25.2 Å². The van der Waals surface area contributed by atoms with Crippen LogP contribution in [-0.4, -0.2) is 57.3 Å². The molecular weight excluding hydrogens is 875 g/mol. The molecule has 0 aromatic rings. The van der Waals surface area contributed by atoms with Crippen molar-refractivity contribution in [2.45, 2.75) is 366 Å². The number of carbonyl (C=O) groups excluding carboxylic acids is 1. The van der Waals surface area contributed by atoms with E-state index in [0.29, 0.717) is 19.3 Å². The Morgan fingerprint density at radius 2 is 0.592 bits per heavy atom. The monoisotopic (exact) mass is 1000 g/mol. The van der Waals surface area contributed by atoms with E-state index in [1.165, 1.54) is 270 Å². The minimum Gasteiger partial charge on any atom is -0.394 e. The van der Waals surface area contributed by atoms with Crippen molar-refractivity contribution in [2.24, 2.45) is 0 Å². The van der Waals surface area contributed by atoms with Crippen molar-refractivity contribution in [1.29, 1.82) is 0 Å². The predicted octanol–water partition coefficient (Wildman–Crippen LogP) is 19.1. The number of aliphatic hydroxyl groups excluding tert-OH is 4. The second-order valence-corrected chi connectivity index (χ2v) is 22.1. The fourth-order valence-electron chi connectivity index (χ4n) is 10.1. The van der Waals surface area contributed by atoms with Crippen LogP contribution in [0, 0.1) is 0 Å². The summed E-state index contributed by atoms with van der Waals surface area (Å²) in [6, 6.07) is -1.01. The third kappa shape index (κ3) is 53.2. The molecule has 4 unspecified atom stereocenters. The highest BCUT2D eigenvalue weighted by Crippen LogP contribution is 2.18. The highest BCUT2D eigenvalue weighted by atomic mass is 16.3. The zero-order valence-electron chi connectivity index (χ0n) is 47.7. The molecule has 6 nitrogen and oxygen atoms in total. The summed E-state index contributed by atoms with van der Waals surface area (Å²) in [5.41, 5.74) is 0. The molecule has 4 atom stereocenters. The molecule has 0 saturated heterocycles. The van der Waals surface area contributed by atoms with E-state index in [4.69, 9.17) is 0 Å². The Balaban J connectivity index is 3.62. The van der Waals surface area contributed by atoms with Crippen molar-refractivity contribution < 1.29 is 25.2 Å². The van der Waals surface area contributed by atoms with E-state index in [0.717, 1.165) is 38.5 Å². The minimum atomic E-state index is -1.29. The molecule has 0 rings (SSSR count). The van der Waals surface area contributed by atoms with Gasteiger partial charge in [-0.1, -0.05) is 301 Å². The van der Waals surface area contributed by atoms with Gasteiger partial charge in [0.2, 0.25) is 5.91 Å². The first kappa shape index (κ1) is 69.5. The van der Waals surface area contributed by atoms with Gasteiger partial charge in [0.25, 0.3) is 0 Å². The average Bonchev–Trinajstić information content (AvgIpc) is 3.38. The average molecular weight is 1000 g/mol. The van der Waals surface area contributed by atoms with Gasteiger partial charge in [0.05, 0.1) is 18.8 Å². The standard InChI is InChI=1S/C65H125NO5/c1-3-5-7-9-11-13-15-17-19-21-23-25-27-29-30-31-32-33-34-35-37-39-41-43-45-47-49-51-53-55-57-59-63(69)65(71)66-61(60-67)64(70)62(68)58-56-54-52-50-48-46-44-42-40-38-36-28-26-24-22-20-18-16-14-12-10-8-6-4-2/h29-30,42,44,50,52,61-64,67-70H,3-28,31-41,43,45-49,51,53-60H2,1-2H3,(H,66,71)/b30-29-,44-42+,52-50+. The maximum atomic E-state index is 12.6. The van der Waals surface area contributed by atoms with Gasteiger partial charge in [-0.05, 0) is 77.0 Å². The first-order valence-corrected chi connectivity index (χ1v) is 31.9. The van der Waals surface area contributed by atoms with Gasteiger partial charge in [0, 0.05) is 0 Å².